The van der Waals surface area contributed by atoms with Crippen LogP contribution in [0.15, 0.2) is 0 Å². The van der Waals surface area contributed by atoms with E-state index in [0.29, 0.717) is 6.54 Å². The van der Waals surface area contributed by atoms with Gasteiger partial charge in [0, 0.05) is 19.1 Å². The van der Waals surface area contributed by atoms with Crippen LogP contribution in [0.5, 0.6) is 0 Å². The highest BCUT2D eigenvalue weighted by atomic mass is 16.3. The second kappa shape index (κ2) is 4.04. The molecule has 11 heavy (non-hydrogen) atoms. The maximum absolute atomic E-state index is 9.16. The molecule has 0 aromatic carbocycles. The fourth-order valence-corrected chi connectivity index (χ4v) is 1.17. The molecule has 0 radical (unpaired) electrons. The third-order valence-electron chi connectivity index (χ3n) is 2.26. The Kier molecular flexibility index (Phi) is 3.30. The van der Waals surface area contributed by atoms with Crippen LogP contribution < -0.4 is 5.73 Å². The smallest absolute Gasteiger partial charge is 0.0674 e. The molecule has 3 N–H and O–H groups in total. The Labute approximate surface area is 68.2 Å². The van der Waals surface area contributed by atoms with E-state index < -0.39 is 0 Å². The molecule has 1 aliphatic carbocycles. The van der Waals surface area contributed by atoms with E-state index in [1.807, 2.05) is 0 Å². The Morgan fingerprint density at radius 1 is 1.64 bits per heavy atom. The number of aliphatic hydroxyl groups excluding tert-OH is 1. The standard InChI is InChI=1S/C8H18N2O/c1-10(7-2-3-7)5-4-8(11)6-9/h7-8,11H,2-6,9H2,1H3. The van der Waals surface area contributed by atoms with Crippen LogP contribution in [0.4, 0.5) is 0 Å². The van der Waals surface area contributed by atoms with Gasteiger partial charge in [-0.2, -0.15) is 0 Å². The van der Waals surface area contributed by atoms with Crippen molar-refractivity contribution in [2.75, 3.05) is 20.1 Å². The van der Waals surface area contributed by atoms with E-state index in [-0.39, 0.29) is 6.10 Å². The van der Waals surface area contributed by atoms with Gasteiger partial charge in [-0.25, -0.2) is 0 Å². The zero-order valence-corrected chi connectivity index (χ0v) is 7.16. The van der Waals surface area contributed by atoms with Gasteiger partial charge in [0.1, 0.15) is 0 Å². The van der Waals surface area contributed by atoms with Crippen molar-refractivity contribution in [3.05, 3.63) is 0 Å². The first-order valence-corrected chi connectivity index (χ1v) is 4.32. The molecule has 0 aromatic rings. The summed E-state index contributed by atoms with van der Waals surface area (Å²) in [5.74, 6) is 0. The van der Waals surface area contributed by atoms with Crippen molar-refractivity contribution in [2.45, 2.75) is 31.4 Å². The number of hydrogen-bond donors (Lipinski definition) is 2. The van der Waals surface area contributed by atoms with Crippen molar-refractivity contribution in [3.63, 3.8) is 0 Å². The highest BCUT2D eigenvalue weighted by Gasteiger charge is 2.25. The predicted octanol–water partition coefficient (Wildman–Crippen LogP) is -0.210. The minimum atomic E-state index is -0.309. The summed E-state index contributed by atoms with van der Waals surface area (Å²) in [6.45, 7) is 1.36. The zero-order chi connectivity index (χ0) is 8.27. The highest BCUT2D eigenvalue weighted by molar-refractivity contribution is 4.82. The van der Waals surface area contributed by atoms with Crippen LogP contribution in [-0.2, 0) is 0 Å². The summed E-state index contributed by atoms with van der Waals surface area (Å²) >= 11 is 0. The van der Waals surface area contributed by atoms with Crippen molar-refractivity contribution in [1.29, 1.82) is 0 Å². The Bertz CT molecular complexity index is 115. The number of nitrogens with zero attached hydrogens (tertiary/aromatic N) is 1. The van der Waals surface area contributed by atoms with Gasteiger partial charge in [0.2, 0.25) is 0 Å². The molecule has 1 saturated carbocycles. The van der Waals surface area contributed by atoms with Gasteiger partial charge in [-0.15, -0.1) is 0 Å². The van der Waals surface area contributed by atoms with Crippen LogP contribution in [0.1, 0.15) is 19.3 Å². The molecule has 1 fully saturated rings. The molecular weight excluding hydrogens is 140 g/mol. The molecule has 0 saturated heterocycles. The molecule has 0 aromatic heterocycles. The van der Waals surface area contributed by atoms with Crippen LogP contribution in [0.25, 0.3) is 0 Å². The minimum absolute atomic E-state index is 0.309. The molecule has 1 aliphatic rings. The van der Waals surface area contributed by atoms with E-state index in [2.05, 4.69) is 11.9 Å². The summed E-state index contributed by atoms with van der Waals surface area (Å²) in [5.41, 5.74) is 5.28. The summed E-state index contributed by atoms with van der Waals surface area (Å²) < 4.78 is 0. The van der Waals surface area contributed by atoms with Crippen LogP contribution in [0.2, 0.25) is 0 Å². The summed E-state index contributed by atoms with van der Waals surface area (Å²) in [6.07, 6.45) is 3.16. The summed E-state index contributed by atoms with van der Waals surface area (Å²) in [5, 5.41) is 9.16. The molecule has 66 valence electrons. The molecule has 3 heteroatoms. The number of hydrogen-bond acceptors (Lipinski definition) is 3. The van der Waals surface area contributed by atoms with Gasteiger partial charge < -0.3 is 15.7 Å². The number of nitrogens with two attached hydrogens (primary N) is 1. The molecule has 1 atom stereocenters. The van der Waals surface area contributed by atoms with Gasteiger partial charge in [-0.3, -0.25) is 0 Å². The largest absolute Gasteiger partial charge is 0.392 e. The maximum atomic E-state index is 9.16. The van der Waals surface area contributed by atoms with E-state index in [4.69, 9.17) is 10.8 Å². The fraction of sp³-hybridized carbons (Fsp3) is 1.00. The zero-order valence-electron chi connectivity index (χ0n) is 7.16. The number of aliphatic hydroxyl groups is 1. The first-order valence-electron chi connectivity index (χ1n) is 4.32. The number of rotatable bonds is 5. The Morgan fingerprint density at radius 2 is 2.27 bits per heavy atom. The lowest BCUT2D eigenvalue weighted by Gasteiger charge is -2.16. The minimum Gasteiger partial charge on any atom is -0.392 e. The van der Waals surface area contributed by atoms with Crippen LogP contribution >= 0.6 is 0 Å². The quantitative estimate of drug-likeness (QED) is 0.582. The van der Waals surface area contributed by atoms with Gasteiger partial charge >= 0.3 is 0 Å². The van der Waals surface area contributed by atoms with Gasteiger partial charge in [-0.1, -0.05) is 0 Å². The monoisotopic (exact) mass is 158 g/mol. The Hall–Kier alpha value is -0.120. The third-order valence-corrected chi connectivity index (χ3v) is 2.26. The van der Waals surface area contributed by atoms with E-state index in [1.54, 1.807) is 0 Å². The lowest BCUT2D eigenvalue weighted by atomic mass is 10.2. The van der Waals surface area contributed by atoms with Crippen LogP contribution in [-0.4, -0.2) is 42.3 Å². The van der Waals surface area contributed by atoms with Gasteiger partial charge in [-0.05, 0) is 26.3 Å². The third kappa shape index (κ3) is 3.18. The highest BCUT2D eigenvalue weighted by Crippen LogP contribution is 2.25. The molecule has 3 nitrogen and oxygen atoms in total. The molecule has 1 unspecified atom stereocenters. The van der Waals surface area contributed by atoms with Crippen molar-refractivity contribution in [3.8, 4) is 0 Å². The molecule has 0 aliphatic heterocycles. The molecule has 0 bridgehead atoms. The van der Waals surface area contributed by atoms with Gasteiger partial charge in [0.25, 0.3) is 0 Å². The lowest BCUT2D eigenvalue weighted by molar-refractivity contribution is 0.153. The summed E-state index contributed by atoms with van der Waals surface area (Å²) in [7, 11) is 2.11. The first kappa shape index (κ1) is 8.97. The first-order chi connectivity index (χ1) is 5.24. The molecule has 1 rings (SSSR count). The Morgan fingerprint density at radius 3 is 2.73 bits per heavy atom. The van der Waals surface area contributed by atoms with Gasteiger partial charge in [0.05, 0.1) is 6.10 Å². The Balaban J connectivity index is 2.00. The molecule has 0 spiro atoms. The van der Waals surface area contributed by atoms with E-state index >= 15 is 0 Å². The topological polar surface area (TPSA) is 49.5 Å². The average Bonchev–Trinajstić information content (AvgIpc) is 2.81. The maximum Gasteiger partial charge on any atom is 0.0674 e. The van der Waals surface area contributed by atoms with Crippen molar-refractivity contribution >= 4 is 0 Å². The molecule has 0 amide bonds. The average molecular weight is 158 g/mol. The second-order valence-electron chi connectivity index (χ2n) is 3.39. The summed E-state index contributed by atoms with van der Waals surface area (Å²) in [6, 6.07) is 0.792. The second-order valence-corrected chi connectivity index (χ2v) is 3.39. The lowest BCUT2D eigenvalue weighted by Crippen LogP contribution is -2.28. The van der Waals surface area contributed by atoms with E-state index in [0.717, 1.165) is 19.0 Å². The van der Waals surface area contributed by atoms with Crippen molar-refractivity contribution in [2.24, 2.45) is 5.73 Å². The summed E-state index contributed by atoms with van der Waals surface area (Å²) in [4.78, 5) is 2.30. The van der Waals surface area contributed by atoms with Crippen molar-refractivity contribution in [1.82, 2.24) is 4.90 Å². The SMILES string of the molecule is CN(CCC(O)CN)C1CC1. The molecular formula is C8H18N2O. The van der Waals surface area contributed by atoms with Crippen molar-refractivity contribution < 1.29 is 5.11 Å². The van der Waals surface area contributed by atoms with Crippen LogP contribution in [0.3, 0.4) is 0 Å². The predicted molar refractivity (Wildman–Crippen MR) is 45.3 cm³/mol. The van der Waals surface area contributed by atoms with E-state index in [1.165, 1.54) is 12.8 Å². The normalized spacial score (nSPS) is 20.7. The van der Waals surface area contributed by atoms with E-state index in [9.17, 15) is 0 Å². The van der Waals surface area contributed by atoms with Gasteiger partial charge in [0.15, 0.2) is 0 Å². The molecule has 0 heterocycles. The van der Waals surface area contributed by atoms with Crippen LogP contribution in [0, 0.1) is 0 Å². The fourth-order valence-electron chi connectivity index (χ4n) is 1.17.